The number of phenols is 1. The van der Waals surface area contributed by atoms with Gasteiger partial charge in [-0.15, -0.1) is 0 Å². The van der Waals surface area contributed by atoms with Crippen molar-refractivity contribution in [1.29, 1.82) is 0 Å². The number of aromatic hydroxyl groups is 1. The van der Waals surface area contributed by atoms with Crippen LogP contribution in [0, 0.1) is 0 Å². The van der Waals surface area contributed by atoms with Gasteiger partial charge in [-0.2, -0.15) is 5.10 Å². The van der Waals surface area contributed by atoms with E-state index in [9.17, 15) is 5.11 Å². The first kappa shape index (κ1) is 8.62. The second-order valence-corrected chi connectivity index (χ2v) is 3.12. The molecule has 3 N–H and O–H groups in total. The van der Waals surface area contributed by atoms with Crippen LogP contribution < -0.4 is 5.73 Å². The van der Waals surface area contributed by atoms with Gasteiger partial charge in [-0.3, -0.25) is 4.68 Å². The number of phenolic OH excluding ortho intramolecular Hbond substituents is 1. The summed E-state index contributed by atoms with van der Waals surface area (Å²) in [6.07, 6.45) is 1.60. The average molecular weight is 189 g/mol. The first-order valence-corrected chi connectivity index (χ1v) is 4.25. The van der Waals surface area contributed by atoms with Crippen LogP contribution in [0.2, 0.25) is 0 Å². The average Bonchev–Trinajstić information content (AvgIpc) is 2.46. The predicted molar refractivity (Wildman–Crippen MR) is 54.7 cm³/mol. The first-order chi connectivity index (χ1) is 6.68. The molecule has 0 bridgehead atoms. The van der Waals surface area contributed by atoms with E-state index in [2.05, 4.69) is 5.10 Å². The zero-order valence-corrected chi connectivity index (χ0v) is 7.81. The van der Waals surface area contributed by atoms with Crippen molar-refractivity contribution in [3.05, 3.63) is 30.5 Å². The Balaban J connectivity index is 2.59. The number of hydrogen-bond acceptors (Lipinski definition) is 3. The number of nitrogens with two attached hydrogens (primary N) is 1. The molecule has 0 spiro atoms. The molecule has 4 nitrogen and oxygen atoms in total. The largest absolute Gasteiger partial charge is 0.508 e. The summed E-state index contributed by atoms with van der Waals surface area (Å²) in [5, 5.41) is 13.4. The van der Waals surface area contributed by atoms with Crippen molar-refractivity contribution >= 4 is 5.69 Å². The molecule has 0 atom stereocenters. The summed E-state index contributed by atoms with van der Waals surface area (Å²) < 4.78 is 1.68. The molecule has 0 amide bonds. The van der Waals surface area contributed by atoms with Crippen LogP contribution in [0.1, 0.15) is 0 Å². The summed E-state index contributed by atoms with van der Waals surface area (Å²) in [6.45, 7) is 0. The molecule has 0 saturated carbocycles. The SMILES string of the molecule is Cn1ncc(N)c1-c1cccc(O)c1. The molecule has 1 aromatic carbocycles. The highest BCUT2D eigenvalue weighted by Gasteiger charge is 2.07. The number of anilines is 1. The number of nitrogen functional groups attached to an aromatic ring is 1. The summed E-state index contributed by atoms with van der Waals surface area (Å²) in [6, 6.07) is 6.94. The number of rotatable bonds is 1. The van der Waals surface area contributed by atoms with E-state index in [1.807, 2.05) is 13.1 Å². The Labute approximate surface area is 81.6 Å². The number of nitrogens with zero attached hydrogens (tertiary/aromatic N) is 2. The summed E-state index contributed by atoms with van der Waals surface area (Å²) in [5.41, 5.74) is 8.05. The lowest BCUT2D eigenvalue weighted by molar-refractivity contribution is 0.475. The van der Waals surface area contributed by atoms with Crippen LogP contribution in [0.25, 0.3) is 11.3 Å². The molecule has 0 radical (unpaired) electrons. The van der Waals surface area contributed by atoms with Gasteiger partial charge in [0.15, 0.2) is 0 Å². The van der Waals surface area contributed by atoms with Crippen molar-refractivity contribution in [2.24, 2.45) is 7.05 Å². The molecular formula is C10H11N3O. The van der Waals surface area contributed by atoms with E-state index in [1.165, 1.54) is 0 Å². The number of aryl methyl sites for hydroxylation is 1. The van der Waals surface area contributed by atoms with Crippen molar-refractivity contribution < 1.29 is 5.11 Å². The van der Waals surface area contributed by atoms with Crippen LogP contribution >= 0.6 is 0 Å². The molecule has 1 aromatic heterocycles. The summed E-state index contributed by atoms with van der Waals surface area (Å²) in [4.78, 5) is 0. The van der Waals surface area contributed by atoms with Crippen LogP contribution in [-0.2, 0) is 7.05 Å². The molecule has 2 aromatic rings. The molecule has 14 heavy (non-hydrogen) atoms. The van der Waals surface area contributed by atoms with Crippen LogP contribution in [0.15, 0.2) is 30.5 Å². The lowest BCUT2D eigenvalue weighted by atomic mass is 10.1. The van der Waals surface area contributed by atoms with Gasteiger partial charge in [-0.05, 0) is 12.1 Å². The fourth-order valence-corrected chi connectivity index (χ4v) is 1.46. The standard InChI is InChI=1S/C10H11N3O/c1-13-10(9(11)6-12-13)7-3-2-4-8(14)5-7/h2-6,14H,11H2,1H3. The fraction of sp³-hybridized carbons (Fsp3) is 0.100. The molecule has 4 heteroatoms. The van der Waals surface area contributed by atoms with E-state index >= 15 is 0 Å². The van der Waals surface area contributed by atoms with Gasteiger partial charge in [0, 0.05) is 12.6 Å². The molecule has 0 saturated heterocycles. The van der Waals surface area contributed by atoms with Crippen molar-refractivity contribution in [2.75, 3.05) is 5.73 Å². The lowest BCUT2D eigenvalue weighted by Gasteiger charge is -2.03. The molecule has 0 aliphatic heterocycles. The van der Waals surface area contributed by atoms with Crippen LogP contribution in [0.5, 0.6) is 5.75 Å². The van der Waals surface area contributed by atoms with Gasteiger partial charge >= 0.3 is 0 Å². The Morgan fingerprint density at radius 1 is 1.43 bits per heavy atom. The van der Waals surface area contributed by atoms with Crippen molar-refractivity contribution in [3.8, 4) is 17.0 Å². The molecule has 1 heterocycles. The summed E-state index contributed by atoms with van der Waals surface area (Å²) in [5.74, 6) is 0.225. The maximum absolute atomic E-state index is 9.32. The summed E-state index contributed by atoms with van der Waals surface area (Å²) >= 11 is 0. The van der Waals surface area contributed by atoms with Crippen molar-refractivity contribution in [2.45, 2.75) is 0 Å². The van der Waals surface area contributed by atoms with E-state index < -0.39 is 0 Å². The van der Waals surface area contributed by atoms with Crippen molar-refractivity contribution in [1.82, 2.24) is 9.78 Å². The smallest absolute Gasteiger partial charge is 0.116 e. The van der Waals surface area contributed by atoms with Crippen molar-refractivity contribution in [3.63, 3.8) is 0 Å². The molecule has 0 aliphatic carbocycles. The Morgan fingerprint density at radius 2 is 2.21 bits per heavy atom. The highest BCUT2D eigenvalue weighted by Crippen LogP contribution is 2.27. The zero-order valence-electron chi connectivity index (χ0n) is 7.81. The molecule has 0 unspecified atom stereocenters. The maximum Gasteiger partial charge on any atom is 0.116 e. The second-order valence-electron chi connectivity index (χ2n) is 3.12. The van der Waals surface area contributed by atoms with E-state index in [-0.39, 0.29) is 5.75 Å². The Kier molecular flexibility index (Phi) is 1.89. The monoisotopic (exact) mass is 189 g/mol. The predicted octanol–water partition coefficient (Wildman–Crippen LogP) is 1.37. The summed E-state index contributed by atoms with van der Waals surface area (Å²) in [7, 11) is 1.82. The van der Waals surface area contributed by atoms with E-state index in [0.717, 1.165) is 11.3 Å². The van der Waals surface area contributed by atoms with Gasteiger partial charge < -0.3 is 10.8 Å². The molecule has 0 aliphatic rings. The van der Waals surface area contributed by atoms with E-state index in [0.29, 0.717) is 5.69 Å². The number of hydrogen-bond donors (Lipinski definition) is 2. The third kappa shape index (κ3) is 1.31. The third-order valence-corrected chi connectivity index (χ3v) is 2.09. The minimum Gasteiger partial charge on any atom is -0.508 e. The second kappa shape index (κ2) is 3.06. The van der Waals surface area contributed by atoms with Gasteiger partial charge in [0.05, 0.1) is 17.6 Å². The van der Waals surface area contributed by atoms with Gasteiger partial charge in [0.2, 0.25) is 0 Å². The number of benzene rings is 1. The Hall–Kier alpha value is -1.97. The lowest BCUT2D eigenvalue weighted by Crippen LogP contribution is -1.95. The Bertz CT molecular complexity index is 443. The van der Waals surface area contributed by atoms with Gasteiger partial charge in [-0.25, -0.2) is 0 Å². The molecule has 2 rings (SSSR count). The third-order valence-electron chi connectivity index (χ3n) is 2.09. The first-order valence-electron chi connectivity index (χ1n) is 4.25. The van der Waals surface area contributed by atoms with Gasteiger partial charge in [-0.1, -0.05) is 12.1 Å². The molecule has 0 fully saturated rings. The van der Waals surface area contributed by atoms with Crippen LogP contribution in [0.4, 0.5) is 5.69 Å². The minimum absolute atomic E-state index is 0.225. The fourth-order valence-electron chi connectivity index (χ4n) is 1.46. The Morgan fingerprint density at radius 3 is 2.79 bits per heavy atom. The van der Waals surface area contributed by atoms with E-state index in [4.69, 9.17) is 5.73 Å². The van der Waals surface area contributed by atoms with Gasteiger partial charge in [0.25, 0.3) is 0 Å². The topological polar surface area (TPSA) is 64.1 Å². The molecular weight excluding hydrogens is 178 g/mol. The van der Waals surface area contributed by atoms with Crippen LogP contribution in [0.3, 0.4) is 0 Å². The molecule has 72 valence electrons. The maximum atomic E-state index is 9.32. The highest BCUT2D eigenvalue weighted by atomic mass is 16.3. The normalized spacial score (nSPS) is 10.4. The van der Waals surface area contributed by atoms with Crippen LogP contribution in [-0.4, -0.2) is 14.9 Å². The zero-order chi connectivity index (χ0) is 10.1. The quantitative estimate of drug-likeness (QED) is 0.712. The minimum atomic E-state index is 0.225. The van der Waals surface area contributed by atoms with E-state index in [1.54, 1.807) is 29.1 Å². The highest BCUT2D eigenvalue weighted by molar-refractivity contribution is 5.73. The number of aromatic nitrogens is 2. The van der Waals surface area contributed by atoms with Gasteiger partial charge in [0.1, 0.15) is 5.75 Å².